The van der Waals surface area contributed by atoms with Crippen LogP contribution in [0.3, 0.4) is 0 Å². The van der Waals surface area contributed by atoms with Gasteiger partial charge in [-0.05, 0) is 48.8 Å². The van der Waals surface area contributed by atoms with Gasteiger partial charge < -0.3 is 24.5 Å². The van der Waals surface area contributed by atoms with Gasteiger partial charge in [0, 0.05) is 6.54 Å². The van der Waals surface area contributed by atoms with Gasteiger partial charge in [0.25, 0.3) is 0 Å². The molecule has 192 valence electrons. The van der Waals surface area contributed by atoms with Crippen LogP contribution >= 0.6 is 0 Å². The number of alkyl carbamates (subject to hydrolysis) is 1. The van der Waals surface area contributed by atoms with E-state index in [1.165, 1.54) is 4.90 Å². The van der Waals surface area contributed by atoms with Crippen LogP contribution in [-0.4, -0.2) is 39.6 Å². The highest BCUT2D eigenvalue weighted by molar-refractivity contribution is 5.86. The number of carbonyl (C=O) groups excluding carboxylic acids is 2. The average Bonchev–Trinajstić information content (AvgIpc) is 3.52. The summed E-state index contributed by atoms with van der Waals surface area (Å²) in [7, 11) is 0. The Hall–Kier alpha value is -3.39. The fraction of sp³-hybridized carbons (Fsp3) is 0.464. The highest BCUT2D eigenvalue weighted by Crippen LogP contribution is 2.41. The first kappa shape index (κ1) is 25.7. The molecule has 1 fully saturated rings. The van der Waals surface area contributed by atoms with E-state index in [0.717, 1.165) is 31.2 Å². The summed E-state index contributed by atoms with van der Waals surface area (Å²) in [5.41, 5.74) is 1.92. The second-order valence-corrected chi connectivity index (χ2v) is 9.91. The molecule has 8 nitrogen and oxygen atoms in total. The zero-order valence-electron chi connectivity index (χ0n) is 21.0. The molecule has 1 aliphatic carbocycles. The van der Waals surface area contributed by atoms with E-state index in [9.17, 15) is 14.7 Å². The highest BCUT2D eigenvalue weighted by atomic mass is 16.5. The minimum Gasteiger partial charge on any atom is -0.445 e. The molecule has 36 heavy (non-hydrogen) atoms. The molecular formula is C28H35N3O5. The van der Waals surface area contributed by atoms with Gasteiger partial charge >= 0.3 is 6.09 Å². The van der Waals surface area contributed by atoms with Crippen molar-refractivity contribution in [2.75, 3.05) is 6.54 Å². The number of nitrogens with one attached hydrogen (secondary N) is 1. The quantitative estimate of drug-likeness (QED) is 0.370. The van der Waals surface area contributed by atoms with E-state index in [4.69, 9.17) is 9.15 Å². The lowest BCUT2D eigenvalue weighted by Gasteiger charge is -2.34. The second kappa shape index (κ2) is 11.6. The average molecular weight is 494 g/mol. The fourth-order valence-corrected chi connectivity index (χ4v) is 4.96. The number of aliphatic hydroxyl groups excluding tert-OH is 1. The molecule has 1 aliphatic rings. The van der Waals surface area contributed by atoms with Crippen molar-refractivity contribution in [2.45, 2.75) is 71.2 Å². The van der Waals surface area contributed by atoms with Crippen molar-refractivity contribution in [1.82, 2.24) is 15.2 Å². The summed E-state index contributed by atoms with van der Waals surface area (Å²) in [4.78, 5) is 32.3. The molecule has 4 rings (SSSR count). The first-order valence-electron chi connectivity index (χ1n) is 12.7. The predicted molar refractivity (Wildman–Crippen MR) is 136 cm³/mol. The van der Waals surface area contributed by atoms with Gasteiger partial charge in [-0.2, -0.15) is 0 Å². The Morgan fingerprint density at radius 1 is 1.14 bits per heavy atom. The maximum absolute atomic E-state index is 13.8. The Balaban J connectivity index is 1.53. The van der Waals surface area contributed by atoms with E-state index in [2.05, 4.69) is 17.2 Å². The molecular weight excluding hydrogens is 458 g/mol. The van der Waals surface area contributed by atoms with Crippen molar-refractivity contribution in [3.8, 4) is 0 Å². The van der Waals surface area contributed by atoms with Gasteiger partial charge in [0.15, 0.2) is 5.58 Å². The standard InChI is InChI=1S/C28H35N3O5/c1-3-17-31(26(33)24-29-21-13-7-8-14-23(21)36-24)25(32)22(18-28(2)15-9-10-16-28)30-27(34)35-19-20-11-5-4-6-12-20/h4-8,11-14,22,26,33H,3,9-10,15-19H2,1-2H3,(H,30,34). The third kappa shape index (κ3) is 6.23. The van der Waals surface area contributed by atoms with Gasteiger partial charge in [-0.15, -0.1) is 0 Å². The molecule has 2 atom stereocenters. The number of para-hydroxylation sites is 2. The third-order valence-corrected chi connectivity index (χ3v) is 6.88. The summed E-state index contributed by atoms with van der Waals surface area (Å²) in [6.07, 6.45) is 3.22. The topological polar surface area (TPSA) is 105 Å². The fourth-order valence-electron chi connectivity index (χ4n) is 4.96. The smallest absolute Gasteiger partial charge is 0.408 e. The maximum Gasteiger partial charge on any atom is 0.408 e. The molecule has 8 heteroatoms. The summed E-state index contributed by atoms with van der Waals surface area (Å²) in [5, 5.41) is 13.9. The van der Waals surface area contributed by atoms with Gasteiger partial charge in [0.2, 0.25) is 18.0 Å². The number of aromatic nitrogens is 1. The summed E-state index contributed by atoms with van der Waals surface area (Å²) in [6, 6.07) is 15.7. The Morgan fingerprint density at radius 3 is 2.53 bits per heavy atom. The number of aliphatic hydroxyl groups is 1. The molecule has 2 aromatic carbocycles. The minimum atomic E-state index is -1.37. The number of nitrogens with zero attached hydrogens (tertiary/aromatic N) is 2. The van der Waals surface area contributed by atoms with Gasteiger partial charge in [-0.1, -0.05) is 69.2 Å². The number of rotatable bonds is 10. The van der Waals surface area contributed by atoms with E-state index >= 15 is 0 Å². The Morgan fingerprint density at radius 2 is 1.83 bits per heavy atom. The van der Waals surface area contributed by atoms with Crippen LogP contribution < -0.4 is 5.32 Å². The summed E-state index contributed by atoms with van der Waals surface area (Å²) < 4.78 is 11.2. The van der Waals surface area contributed by atoms with Crippen LogP contribution in [0.25, 0.3) is 11.1 Å². The van der Waals surface area contributed by atoms with Crippen molar-refractivity contribution >= 4 is 23.1 Å². The van der Waals surface area contributed by atoms with Gasteiger partial charge in [-0.25, -0.2) is 9.78 Å². The SMILES string of the molecule is CCCN(C(=O)C(CC1(C)CCCC1)NC(=O)OCc1ccccc1)C(O)c1nc2ccccc2o1. The molecule has 0 saturated heterocycles. The largest absolute Gasteiger partial charge is 0.445 e. The van der Waals surface area contributed by atoms with E-state index in [-0.39, 0.29) is 30.4 Å². The molecule has 0 spiro atoms. The Kier molecular flexibility index (Phi) is 8.25. The molecule has 0 radical (unpaired) electrons. The summed E-state index contributed by atoms with van der Waals surface area (Å²) in [5.74, 6) is -0.327. The van der Waals surface area contributed by atoms with E-state index < -0.39 is 18.4 Å². The summed E-state index contributed by atoms with van der Waals surface area (Å²) in [6.45, 7) is 4.47. The lowest BCUT2D eigenvalue weighted by molar-refractivity contribution is -0.146. The van der Waals surface area contributed by atoms with Crippen molar-refractivity contribution in [1.29, 1.82) is 0 Å². The number of benzene rings is 2. The summed E-state index contributed by atoms with van der Waals surface area (Å²) >= 11 is 0. The minimum absolute atomic E-state index is 0.0514. The van der Waals surface area contributed by atoms with E-state index in [1.807, 2.05) is 49.4 Å². The first-order chi connectivity index (χ1) is 17.4. The van der Waals surface area contributed by atoms with Crippen molar-refractivity contribution in [3.05, 3.63) is 66.1 Å². The highest BCUT2D eigenvalue weighted by Gasteiger charge is 2.39. The van der Waals surface area contributed by atoms with Crippen molar-refractivity contribution in [2.24, 2.45) is 5.41 Å². The predicted octanol–water partition coefficient (Wildman–Crippen LogP) is 5.32. The Labute approximate surface area is 211 Å². The number of ether oxygens (including phenoxy) is 1. The molecule has 1 saturated carbocycles. The first-order valence-corrected chi connectivity index (χ1v) is 12.7. The lowest BCUT2D eigenvalue weighted by Crippen LogP contribution is -2.51. The van der Waals surface area contributed by atoms with Crippen LogP contribution in [0.4, 0.5) is 4.79 Å². The number of fused-ring (bicyclic) bond motifs is 1. The zero-order chi connectivity index (χ0) is 25.5. The van der Waals surface area contributed by atoms with Gasteiger partial charge in [-0.3, -0.25) is 4.79 Å². The molecule has 1 aromatic heterocycles. The van der Waals surface area contributed by atoms with E-state index in [0.29, 0.717) is 23.9 Å². The number of hydrogen-bond donors (Lipinski definition) is 2. The molecule has 2 unspecified atom stereocenters. The monoisotopic (exact) mass is 493 g/mol. The Bertz CT molecular complexity index is 1120. The van der Waals surface area contributed by atoms with Crippen LogP contribution in [0.2, 0.25) is 0 Å². The second-order valence-electron chi connectivity index (χ2n) is 9.91. The van der Waals surface area contributed by atoms with E-state index in [1.54, 1.807) is 12.1 Å². The van der Waals surface area contributed by atoms with Crippen molar-refractivity contribution in [3.63, 3.8) is 0 Å². The third-order valence-electron chi connectivity index (χ3n) is 6.88. The number of oxazole rings is 1. The van der Waals surface area contributed by atoms with Crippen molar-refractivity contribution < 1.29 is 23.8 Å². The zero-order valence-corrected chi connectivity index (χ0v) is 21.0. The molecule has 0 bridgehead atoms. The van der Waals surface area contributed by atoms with Crippen LogP contribution in [0, 0.1) is 5.41 Å². The molecule has 2 N–H and O–H groups in total. The number of hydrogen-bond acceptors (Lipinski definition) is 6. The van der Waals surface area contributed by atoms with Crippen LogP contribution in [-0.2, 0) is 16.1 Å². The molecule has 2 amide bonds. The molecule has 0 aliphatic heterocycles. The van der Waals surface area contributed by atoms with Gasteiger partial charge in [0.05, 0.1) is 0 Å². The molecule has 1 heterocycles. The normalized spacial score (nSPS) is 16.4. The number of amides is 2. The molecule has 3 aromatic rings. The maximum atomic E-state index is 13.8. The van der Waals surface area contributed by atoms with Crippen LogP contribution in [0.1, 0.15) is 70.1 Å². The number of carbonyl (C=O) groups is 2. The van der Waals surface area contributed by atoms with Crippen LogP contribution in [0.15, 0.2) is 59.0 Å². The van der Waals surface area contributed by atoms with Crippen LogP contribution in [0.5, 0.6) is 0 Å². The van der Waals surface area contributed by atoms with Gasteiger partial charge in [0.1, 0.15) is 18.2 Å². The lowest BCUT2D eigenvalue weighted by atomic mass is 9.81.